The summed E-state index contributed by atoms with van der Waals surface area (Å²) in [5.74, 6) is 0.827. The van der Waals surface area contributed by atoms with E-state index >= 15 is 0 Å². The Morgan fingerprint density at radius 3 is 2.71 bits per heavy atom. The minimum atomic E-state index is -0.380. The van der Waals surface area contributed by atoms with Gasteiger partial charge in [0.1, 0.15) is 5.82 Å². The number of rotatable bonds is 2. The van der Waals surface area contributed by atoms with Crippen LogP contribution in [0.1, 0.15) is 22.6 Å². The van der Waals surface area contributed by atoms with E-state index in [4.69, 9.17) is 4.99 Å². The second-order valence-corrected chi connectivity index (χ2v) is 5.64. The van der Waals surface area contributed by atoms with E-state index in [1.165, 1.54) is 6.07 Å². The van der Waals surface area contributed by atoms with Gasteiger partial charge in [0.05, 0.1) is 22.9 Å². The molecule has 6 heteroatoms. The molecule has 0 bridgehead atoms. The van der Waals surface area contributed by atoms with Gasteiger partial charge in [0.2, 0.25) is 0 Å². The van der Waals surface area contributed by atoms with Gasteiger partial charge < -0.3 is 0 Å². The summed E-state index contributed by atoms with van der Waals surface area (Å²) in [5, 5.41) is 11.2. The first kappa shape index (κ1) is 14.3. The molecule has 0 unspecified atom stereocenters. The molecule has 0 amide bonds. The number of nitro benzene ring substituents is 1. The number of aromatic nitrogens is 2. The van der Waals surface area contributed by atoms with Crippen LogP contribution in [0.5, 0.6) is 0 Å². The number of nitro groups is 1. The van der Waals surface area contributed by atoms with Gasteiger partial charge in [0.15, 0.2) is 0 Å². The van der Waals surface area contributed by atoms with Gasteiger partial charge in [-0.25, -0.2) is 4.98 Å². The zero-order chi connectivity index (χ0) is 16.7. The third-order valence-corrected chi connectivity index (χ3v) is 4.12. The Hall–Kier alpha value is -3.28. The van der Waals surface area contributed by atoms with Crippen molar-refractivity contribution in [1.29, 1.82) is 0 Å². The van der Waals surface area contributed by atoms with Crippen LogP contribution in [0.25, 0.3) is 5.69 Å². The van der Waals surface area contributed by atoms with Crippen molar-refractivity contribution < 1.29 is 4.92 Å². The number of hydrogen-bond acceptors (Lipinski definition) is 4. The Kier molecular flexibility index (Phi) is 3.23. The summed E-state index contributed by atoms with van der Waals surface area (Å²) in [4.78, 5) is 20.0. The van der Waals surface area contributed by atoms with Crippen LogP contribution in [0.4, 0.5) is 5.69 Å². The standard InChI is InChI=1S/C18H14N4O2/c1-12-10-19-17-11-20-18(13-5-3-2-4-6-13)15-9-14(22(23)24)7-8-16(15)21(12)17/h2-10H,11H2,1H3. The molecule has 2 heterocycles. The molecular weight excluding hydrogens is 304 g/mol. The van der Waals surface area contributed by atoms with Crippen molar-refractivity contribution in [3.05, 3.63) is 87.5 Å². The molecule has 24 heavy (non-hydrogen) atoms. The Morgan fingerprint density at radius 1 is 1.17 bits per heavy atom. The lowest BCUT2D eigenvalue weighted by molar-refractivity contribution is -0.384. The molecule has 0 saturated heterocycles. The monoisotopic (exact) mass is 318 g/mol. The molecule has 3 aromatic rings. The molecule has 1 aliphatic heterocycles. The normalized spacial score (nSPS) is 12.8. The number of non-ortho nitro benzene ring substituents is 1. The Labute approximate surface area is 138 Å². The summed E-state index contributed by atoms with van der Waals surface area (Å²) in [7, 11) is 0. The van der Waals surface area contributed by atoms with Crippen LogP contribution in [0.2, 0.25) is 0 Å². The third kappa shape index (κ3) is 2.20. The maximum atomic E-state index is 11.2. The van der Waals surface area contributed by atoms with Gasteiger partial charge in [-0.1, -0.05) is 30.3 Å². The maximum Gasteiger partial charge on any atom is 0.270 e. The van der Waals surface area contributed by atoms with Crippen LogP contribution >= 0.6 is 0 Å². The fourth-order valence-corrected chi connectivity index (χ4v) is 3.03. The van der Waals surface area contributed by atoms with Crippen LogP contribution in [0, 0.1) is 17.0 Å². The highest BCUT2D eigenvalue weighted by Crippen LogP contribution is 2.29. The maximum absolute atomic E-state index is 11.2. The topological polar surface area (TPSA) is 73.3 Å². The lowest BCUT2D eigenvalue weighted by Crippen LogP contribution is -2.08. The summed E-state index contributed by atoms with van der Waals surface area (Å²) < 4.78 is 2.01. The summed E-state index contributed by atoms with van der Waals surface area (Å²) in [5.41, 5.74) is 4.33. The van der Waals surface area contributed by atoms with Crippen molar-refractivity contribution in [2.75, 3.05) is 0 Å². The van der Waals surface area contributed by atoms with Gasteiger partial charge in [0, 0.05) is 35.2 Å². The quantitative estimate of drug-likeness (QED) is 0.536. The summed E-state index contributed by atoms with van der Waals surface area (Å²) >= 11 is 0. The third-order valence-electron chi connectivity index (χ3n) is 4.12. The van der Waals surface area contributed by atoms with E-state index in [0.717, 1.165) is 34.0 Å². The van der Waals surface area contributed by atoms with Crippen molar-refractivity contribution in [3.8, 4) is 5.69 Å². The number of nitrogens with zero attached hydrogens (tertiary/aromatic N) is 4. The van der Waals surface area contributed by atoms with Crippen molar-refractivity contribution >= 4 is 11.4 Å². The summed E-state index contributed by atoms with van der Waals surface area (Å²) in [6, 6.07) is 14.6. The van der Waals surface area contributed by atoms with Crippen molar-refractivity contribution in [2.45, 2.75) is 13.5 Å². The van der Waals surface area contributed by atoms with Crippen molar-refractivity contribution in [1.82, 2.24) is 9.55 Å². The van der Waals surface area contributed by atoms with Crippen LogP contribution in [0.15, 0.2) is 59.7 Å². The molecule has 2 aromatic carbocycles. The molecular formula is C18H14N4O2. The largest absolute Gasteiger partial charge is 0.299 e. The molecule has 0 atom stereocenters. The van der Waals surface area contributed by atoms with E-state index in [-0.39, 0.29) is 10.6 Å². The van der Waals surface area contributed by atoms with E-state index in [2.05, 4.69) is 4.98 Å². The van der Waals surface area contributed by atoms with Gasteiger partial charge in [-0.2, -0.15) is 0 Å². The zero-order valence-electron chi connectivity index (χ0n) is 13.0. The van der Waals surface area contributed by atoms with Crippen molar-refractivity contribution in [3.63, 3.8) is 0 Å². The summed E-state index contributed by atoms with van der Waals surface area (Å²) in [6.07, 6.45) is 1.80. The van der Waals surface area contributed by atoms with Gasteiger partial charge in [0.25, 0.3) is 5.69 Å². The fraction of sp³-hybridized carbons (Fsp3) is 0.111. The molecule has 118 valence electrons. The highest BCUT2D eigenvalue weighted by molar-refractivity contribution is 6.15. The predicted molar refractivity (Wildman–Crippen MR) is 90.7 cm³/mol. The van der Waals surface area contributed by atoms with Gasteiger partial charge in [-0.3, -0.25) is 19.7 Å². The van der Waals surface area contributed by atoms with Crippen LogP contribution < -0.4 is 0 Å². The zero-order valence-corrected chi connectivity index (χ0v) is 13.0. The van der Waals surface area contributed by atoms with E-state index in [9.17, 15) is 10.1 Å². The van der Waals surface area contributed by atoms with E-state index in [1.54, 1.807) is 18.3 Å². The molecule has 0 fully saturated rings. The molecule has 4 rings (SSSR count). The van der Waals surface area contributed by atoms with Crippen LogP contribution in [0.3, 0.4) is 0 Å². The summed E-state index contributed by atoms with van der Waals surface area (Å²) in [6.45, 7) is 2.40. The molecule has 6 nitrogen and oxygen atoms in total. The predicted octanol–water partition coefficient (Wildman–Crippen LogP) is 3.44. The van der Waals surface area contributed by atoms with Gasteiger partial charge in [-0.15, -0.1) is 0 Å². The smallest absolute Gasteiger partial charge is 0.270 e. The number of aryl methyl sites for hydroxylation is 1. The molecule has 0 radical (unpaired) electrons. The lowest BCUT2D eigenvalue weighted by atomic mass is 10.00. The number of imidazole rings is 1. The molecule has 1 aromatic heterocycles. The molecule has 0 spiro atoms. The Morgan fingerprint density at radius 2 is 1.96 bits per heavy atom. The average Bonchev–Trinajstić information content (AvgIpc) is 2.87. The highest BCUT2D eigenvalue weighted by atomic mass is 16.6. The lowest BCUT2D eigenvalue weighted by Gasteiger charge is -2.13. The van der Waals surface area contributed by atoms with Gasteiger partial charge >= 0.3 is 0 Å². The second-order valence-electron chi connectivity index (χ2n) is 5.64. The molecule has 0 saturated carbocycles. The Bertz CT molecular complexity index is 974. The number of fused-ring (bicyclic) bond motifs is 3. The molecule has 0 aliphatic carbocycles. The van der Waals surface area contributed by atoms with E-state index in [0.29, 0.717) is 6.54 Å². The first-order chi connectivity index (χ1) is 11.6. The fourth-order valence-electron chi connectivity index (χ4n) is 3.03. The van der Waals surface area contributed by atoms with E-state index < -0.39 is 0 Å². The second kappa shape index (κ2) is 5.42. The number of hydrogen-bond donors (Lipinski definition) is 0. The van der Waals surface area contributed by atoms with Crippen LogP contribution in [-0.2, 0) is 6.54 Å². The first-order valence-corrected chi connectivity index (χ1v) is 7.57. The minimum Gasteiger partial charge on any atom is -0.299 e. The first-order valence-electron chi connectivity index (χ1n) is 7.57. The molecule has 0 N–H and O–H groups in total. The Balaban J connectivity index is 2.01. The van der Waals surface area contributed by atoms with Crippen LogP contribution in [-0.4, -0.2) is 20.2 Å². The highest BCUT2D eigenvalue weighted by Gasteiger charge is 2.23. The average molecular weight is 318 g/mol. The van der Waals surface area contributed by atoms with E-state index in [1.807, 2.05) is 41.8 Å². The van der Waals surface area contributed by atoms with Crippen molar-refractivity contribution in [2.24, 2.45) is 4.99 Å². The molecule has 1 aliphatic rings. The SMILES string of the molecule is Cc1cnc2n1-c1ccc([N+](=O)[O-])cc1C(c1ccccc1)=NC2. The number of aliphatic imine (C=N–C) groups is 1. The number of benzene rings is 2. The van der Waals surface area contributed by atoms with Gasteiger partial charge in [-0.05, 0) is 13.0 Å². The minimum absolute atomic E-state index is 0.0543.